The highest BCUT2D eigenvalue weighted by Gasteiger charge is 2.30. The Morgan fingerprint density at radius 2 is 2.35 bits per heavy atom. The van der Waals surface area contributed by atoms with Gasteiger partial charge in [-0.3, -0.25) is 9.58 Å². The van der Waals surface area contributed by atoms with E-state index in [9.17, 15) is 9.90 Å². The van der Waals surface area contributed by atoms with Crippen LogP contribution in [0.4, 0.5) is 0 Å². The summed E-state index contributed by atoms with van der Waals surface area (Å²) in [7, 11) is 1.80. The quantitative estimate of drug-likeness (QED) is 0.887. The molecule has 6 heteroatoms. The minimum atomic E-state index is -0.903. The zero-order valence-electron chi connectivity index (χ0n) is 11.3. The molecule has 2 aromatic rings. The van der Waals surface area contributed by atoms with Crippen molar-refractivity contribution in [3.63, 3.8) is 0 Å². The largest absolute Gasteiger partial charge is 0.478 e. The Kier molecular flexibility index (Phi) is 3.58. The molecule has 0 atom stereocenters. The summed E-state index contributed by atoms with van der Waals surface area (Å²) in [6.45, 7) is 1.51. The highest BCUT2D eigenvalue weighted by Crippen LogP contribution is 2.30. The lowest BCUT2D eigenvalue weighted by Crippen LogP contribution is -2.27. The van der Waals surface area contributed by atoms with E-state index in [2.05, 4.69) is 26.8 Å². The number of aromatic nitrogens is 2. The van der Waals surface area contributed by atoms with Crippen LogP contribution in [-0.4, -0.2) is 31.8 Å². The van der Waals surface area contributed by atoms with E-state index in [4.69, 9.17) is 0 Å². The zero-order valence-corrected chi connectivity index (χ0v) is 12.1. The normalized spacial score (nSPS) is 14.9. The Morgan fingerprint density at radius 3 is 2.95 bits per heavy atom. The van der Waals surface area contributed by atoms with Crippen LogP contribution in [0, 0.1) is 0 Å². The highest BCUT2D eigenvalue weighted by molar-refractivity contribution is 7.07. The first kappa shape index (κ1) is 13.3. The van der Waals surface area contributed by atoms with Crippen LogP contribution in [0.15, 0.2) is 23.0 Å². The molecule has 0 spiro atoms. The number of thiophene rings is 1. The zero-order chi connectivity index (χ0) is 14.1. The molecule has 0 saturated heterocycles. The lowest BCUT2D eigenvalue weighted by atomic mass is 10.2. The number of nitrogens with zero attached hydrogens (tertiary/aromatic N) is 3. The van der Waals surface area contributed by atoms with Gasteiger partial charge in [-0.1, -0.05) is 0 Å². The fourth-order valence-electron chi connectivity index (χ4n) is 2.39. The molecule has 1 aliphatic rings. The van der Waals surface area contributed by atoms with Gasteiger partial charge in [0, 0.05) is 26.2 Å². The van der Waals surface area contributed by atoms with E-state index >= 15 is 0 Å². The molecule has 0 aromatic carbocycles. The first-order valence-electron chi connectivity index (χ1n) is 6.64. The molecule has 1 N–H and O–H groups in total. The number of aromatic carboxylic acids is 1. The Hall–Kier alpha value is -1.66. The predicted octanol–water partition coefficient (Wildman–Crippen LogP) is 2.34. The average molecular weight is 291 g/mol. The number of carboxylic acids is 1. The van der Waals surface area contributed by atoms with Gasteiger partial charge in [-0.15, -0.1) is 0 Å². The summed E-state index contributed by atoms with van der Waals surface area (Å²) in [5.74, 6) is -0.903. The second-order valence-electron chi connectivity index (χ2n) is 5.20. The molecule has 0 unspecified atom stereocenters. The van der Waals surface area contributed by atoms with E-state index in [0.717, 1.165) is 12.2 Å². The maximum absolute atomic E-state index is 11.2. The summed E-state index contributed by atoms with van der Waals surface area (Å²) in [6, 6.07) is 2.70. The van der Waals surface area contributed by atoms with Crippen molar-refractivity contribution in [3.8, 4) is 0 Å². The first-order chi connectivity index (χ1) is 9.65. The summed E-state index contributed by atoms with van der Waals surface area (Å²) in [4.78, 5) is 13.6. The Bertz CT molecular complexity index is 602. The van der Waals surface area contributed by atoms with E-state index in [1.807, 2.05) is 0 Å². The van der Waals surface area contributed by atoms with Crippen LogP contribution in [0.5, 0.6) is 0 Å². The minimum absolute atomic E-state index is 0.309. The van der Waals surface area contributed by atoms with Crippen molar-refractivity contribution in [2.45, 2.75) is 32.0 Å². The minimum Gasteiger partial charge on any atom is -0.478 e. The third-order valence-electron chi connectivity index (χ3n) is 3.67. The molecule has 1 saturated carbocycles. The van der Waals surface area contributed by atoms with Crippen molar-refractivity contribution in [1.82, 2.24) is 14.7 Å². The Labute approximate surface area is 121 Å². The van der Waals surface area contributed by atoms with Gasteiger partial charge in [-0.2, -0.15) is 16.4 Å². The van der Waals surface area contributed by atoms with E-state index in [1.165, 1.54) is 24.6 Å². The molecule has 0 radical (unpaired) electrons. The number of carboxylic acid groups (broad SMARTS) is 1. The van der Waals surface area contributed by atoms with Crippen molar-refractivity contribution >= 4 is 17.3 Å². The van der Waals surface area contributed by atoms with Crippen LogP contribution >= 0.6 is 11.3 Å². The van der Waals surface area contributed by atoms with Crippen LogP contribution in [0.1, 0.15) is 34.5 Å². The molecule has 5 nitrogen and oxygen atoms in total. The standard InChI is InChI=1S/C14H17N3O2S/c1-16-13(12(6-15-16)14(18)19)8-17(11-2-3-11)7-10-4-5-20-9-10/h4-6,9,11H,2-3,7-8H2,1H3,(H,18,19). The van der Waals surface area contributed by atoms with Crippen molar-refractivity contribution in [3.05, 3.63) is 39.8 Å². The molecule has 0 amide bonds. The van der Waals surface area contributed by atoms with Crippen molar-refractivity contribution in [2.24, 2.45) is 7.05 Å². The van der Waals surface area contributed by atoms with Crippen LogP contribution in [0.2, 0.25) is 0 Å². The maximum Gasteiger partial charge on any atom is 0.339 e. The topological polar surface area (TPSA) is 58.4 Å². The van der Waals surface area contributed by atoms with Gasteiger partial charge < -0.3 is 5.11 Å². The fraction of sp³-hybridized carbons (Fsp3) is 0.429. The third-order valence-corrected chi connectivity index (χ3v) is 4.41. The number of hydrogen-bond acceptors (Lipinski definition) is 4. The lowest BCUT2D eigenvalue weighted by molar-refractivity contribution is 0.0694. The summed E-state index contributed by atoms with van der Waals surface area (Å²) >= 11 is 1.69. The van der Waals surface area contributed by atoms with Crippen molar-refractivity contribution in [2.75, 3.05) is 0 Å². The lowest BCUT2D eigenvalue weighted by Gasteiger charge is -2.22. The molecule has 3 rings (SSSR count). The van der Waals surface area contributed by atoms with Crippen LogP contribution in [-0.2, 0) is 20.1 Å². The number of carbonyl (C=O) groups is 1. The van der Waals surface area contributed by atoms with Gasteiger partial charge >= 0.3 is 5.97 Å². The van der Waals surface area contributed by atoms with Gasteiger partial charge in [0.05, 0.1) is 11.9 Å². The average Bonchev–Trinajstić information content (AvgIpc) is 3.02. The summed E-state index contributed by atoms with van der Waals surface area (Å²) in [5.41, 5.74) is 2.38. The molecular formula is C14H17N3O2S. The Morgan fingerprint density at radius 1 is 1.55 bits per heavy atom. The molecular weight excluding hydrogens is 274 g/mol. The van der Waals surface area contributed by atoms with E-state index < -0.39 is 5.97 Å². The Balaban J connectivity index is 1.80. The molecule has 106 valence electrons. The molecule has 2 heterocycles. The molecule has 1 fully saturated rings. The maximum atomic E-state index is 11.2. The smallest absolute Gasteiger partial charge is 0.339 e. The molecule has 0 bridgehead atoms. The van der Waals surface area contributed by atoms with Crippen LogP contribution in [0.25, 0.3) is 0 Å². The summed E-state index contributed by atoms with van der Waals surface area (Å²) < 4.78 is 1.67. The van der Waals surface area contributed by atoms with Crippen LogP contribution < -0.4 is 0 Å². The third kappa shape index (κ3) is 2.76. The van der Waals surface area contributed by atoms with E-state index in [0.29, 0.717) is 18.2 Å². The first-order valence-corrected chi connectivity index (χ1v) is 7.58. The van der Waals surface area contributed by atoms with Gasteiger partial charge in [0.1, 0.15) is 5.56 Å². The number of aryl methyl sites for hydroxylation is 1. The molecule has 0 aliphatic heterocycles. The van der Waals surface area contributed by atoms with E-state index in [1.54, 1.807) is 23.1 Å². The van der Waals surface area contributed by atoms with Gasteiger partial charge in [-0.25, -0.2) is 4.79 Å². The second-order valence-corrected chi connectivity index (χ2v) is 5.98. The molecule has 20 heavy (non-hydrogen) atoms. The highest BCUT2D eigenvalue weighted by atomic mass is 32.1. The monoisotopic (exact) mass is 291 g/mol. The molecule has 2 aromatic heterocycles. The molecule has 1 aliphatic carbocycles. The second kappa shape index (κ2) is 5.38. The van der Waals surface area contributed by atoms with E-state index in [-0.39, 0.29) is 0 Å². The number of rotatable bonds is 6. The SMILES string of the molecule is Cn1ncc(C(=O)O)c1CN(Cc1ccsc1)C1CC1. The van der Waals surface area contributed by atoms with Gasteiger partial charge in [0.2, 0.25) is 0 Å². The number of hydrogen-bond donors (Lipinski definition) is 1. The van der Waals surface area contributed by atoms with Crippen LogP contribution in [0.3, 0.4) is 0 Å². The fourth-order valence-corrected chi connectivity index (χ4v) is 3.05. The van der Waals surface area contributed by atoms with Gasteiger partial charge in [0.25, 0.3) is 0 Å². The summed E-state index contributed by atoms with van der Waals surface area (Å²) in [6.07, 6.45) is 3.84. The van der Waals surface area contributed by atoms with Crippen molar-refractivity contribution < 1.29 is 9.90 Å². The summed E-state index contributed by atoms with van der Waals surface area (Å²) in [5, 5.41) is 17.5. The van der Waals surface area contributed by atoms with Gasteiger partial charge in [-0.05, 0) is 35.2 Å². The van der Waals surface area contributed by atoms with Crippen molar-refractivity contribution in [1.29, 1.82) is 0 Å². The predicted molar refractivity (Wildman–Crippen MR) is 76.8 cm³/mol. The van der Waals surface area contributed by atoms with Gasteiger partial charge in [0.15, 0.2) is 0 Å².